The predicted molar refractivity (Wildman–Crippen MR) is 113 cm³/mol. The van der Waals surface area contributed by atoms with Gasteiger partial charge in [0.25, 0.3) is 17.7 Å². The highest BCUT2D eigenvalue weighted by Crippen LogP contribution is 2.34. The van der Waals surface area contributed by atoms with Crippen molar-refractivity contribution in [3.8, 4) is 11.1 Å². The summed E-state index contributed by atoms with van der Waals surface area (Å²) in [4.78, 5) is 32.2. The van der Waals surface area contributed by atoms with Crippen molar-refractivity contribution in [1.82, 2.24) is 14.8 Å². The molecular formula is C24H20F3N3O2. The molecule has 0 bridgehead atoms. The molecule has 164 valence electrons. The van der Waals surface area contributed by atoms with Gasteiger partial charge in [0, 0.05) is 68.0 Å². The molecule has 0 aliphatic carbocycles. The number of hydrogen-bond acceptors (Lipinski definition) is 3. The average Bonchev–Trinajstić information content (AvgIpc) is 3.05. The average molecular weight is 439 g/mol. The zero-order valence-electron chi connectivity index (χ0n) is 17.4. The van der Waals surface area contributed by atoms with E-state index in [1.165, 1.54) is 17.2 Å². The lowest BCUT2D eigenvalue weighted by molar-refractivity contribution is -0.0494. The number of benzene rings is 2. The van der Waals surface area contributed by atoms with Crippen LogP contribution in [0, 0.1) is 5.82 Å². The number of alkyl halides is 2. The SMILES string of the molecule is CN1Cc2cc(-c3c(F)ccc4cc(C(=O)N5CCC(F)(F)CC5)ccc34)cnc2C1=O. The first-order valence-corrected chi connectivity index (χ1v) is 10.4. The maximum Gasteiger partial charge on any atom is 0.272 e. The van der Waals surface area contributed by atoms with Crippen LogP contribution >= 0.6 is 0 Å². The van der Waals surface area contributed by atoms with Crippen molar-refractivity contribution in [2.24, 2.45) is 0 Å². The van der Waals surface area contributed by atoms with Gasteiger partial charge in [0.05, 0.1) is 0 Å². The van der Waals surface area contributed by atoms with Crippen LogP contribution in [-0.4, -0.2) is 52.7 Å². The molecule has 8 heteroatoms. The third kappa shape index (κ3) is 3.39. The van der Waals surface area contributed by atoms with Gasteiger partial charge >= 0.3 is 0 Å². The van der Waals surface area contributed by atoms with Crippen LogP contribution in [0.25, 0.3) is 21.9 Å². The topological polar surface area (TPSA) is 53.5 Å². The van der Waals surface area contributed by atoms with Crippen LogP contribution in [0.5, 0.6) is 0 Å². The highest BCUT2D eigenvalue weighted by atomic mass is 19.3. The number of halogens is 3. The highest BCUT2D eigenvalue weighted by molar-refractivity contribution is 6.03. The Hall–Kier alpha value is -3.42. The largest absolute Gasteiger partial charge is 0.338 e. The van der Waals surface area contributed by atoms with E-state index in [-0.39, 0.29) is 37.7 Å². The lowest BCUT2D eigenvalue weighted by Crippen LogP contribution is -2.42. The summed E-state index contributed by atoms with van der Waals surface area (Å²) in [5.74, 6) is -3.64. The molecule has 0 atom stereocenters. The molecule has 1 saturated heterocycles. The summed E-state index contributed by atoms with van der Waals surface area (Å²) in [5, 5.41) is 1.26. The normalized spacial score (nSPS) is 17.7. The minimum absolute atomic E-state index is 0.00645. The first-order valence-electron chi connectivity index (χ1n) is 10.4. The van der Waals surface area contributed by atoms with E-state index in [4.69, 9.17) is 0 Å². The van der Waals surface area contributed by atoms with E-state index < -0.39 is 11.7 Å². The van der Waals surface area contributed by atoms with Crippen molar-refractivity contribution < 1.29 is 22.8 Å². The van der Waals surface area contributed by atoms with Gasteiger partial charge in [0.1, 0.15) is 11.5 Å². The number of carbonyl (C=O) groups excluding carboxylic acids is 2. The van der Waals surface area contributed by atoms with Crippen LogP contribution in [0.15, 0.2) is 42.6 Å². The summed E-state index contributed by atoms with van der Waals surface area (Å²) in [7, 11) is 1.68. The first kappa shape index (κ1) is 20.5. The van der Waals surface area contributed by atoms with Crippen LogP contribution in [0.3, 0.4) is 0 Å². The standard InChI is InChI=1S/C24H20F3N3O2/c1-29-13-17-11-16(12-28-21(17)23(29)32)20-18-4-2-15(10-14(18)3-5-19(20)25)22(31)30-8-6-24(26,27)7-9-30/h2-5,10-12H,6-9,13H2,1H3. The molecule has 5 rings (SSSR count). The molecule has 0 spiro atoms. The maximum absolute atomic E-state index is 14.9. The second-order valence-corrected chi connectivity index (χ2v) is 8.40. The van der Waals surface area contributed by atoms with Crippen molar-refractivity contribution >= 4 is 22.6 Å². The molecule has 3 heterocycles. The lowest BCUT2D eigenvalue weighted by atomic mass is 9.95. The molecule has 0 radical (unpaired) electrons. The molecule has 1 aromatic heterocycles. The Morgan fingerprint density at radius 1 is 1.09 bits per heavy atom. The number of likely N-dealkylation sites (tertiary alicyclic amines) is 1. The molecular weight excluding hydrogens is 419 g/mol. The third-order valence-electron chi connectivity index (χ3n) is 6.21. The summed E-state index contributed by atoms with van der Waals surface area (Å²) >= 11 is 0. The quantitative estimate of drug-likeness (QED) is 0.591. The number of amides is 2. The van der Waals surface area contributed by atoms with E-state index in [0.717, 1.165) is 5.56 Å². The van der Waals surface area contributed by atoms with Crippen LogP contribution in [0.4, 0.5) is 13.2 Å². The Labute approximate surface area is 182 Å². The van der Waals surface area contributed by atoms with Gasteiger partial charge in [-0.25, -0.2) is 13.2 Å². The van der Waals surface area contributed by atoms with Crippen LogP contribution in [0.1, 0.15) is 39.3 Å². The van der Waals surface area contributed by atoms with Crippen molar-refractivity contribution in [2.75, 3.05) is 20.1 Å². The van der Waals surface area contributed by atoms with Gasteiger partial charge in [-0.15, -0.1) is 0 Å². The zero-order valence-corrected chi connectivity index (χ0v) is 17.4. The summed E-state index contributed by atoms with van der Waals surface area (Å²) in [6.45, 7) is 0.425. The molecule has 1 fully saturated rings. The molecule has 0 unspecified atom stereocenters. The summed E-state index contributed by atoms with van der Waals surface area (Å²) in [6.07, 6.45) is 0.802. The lowest BCUT2D eigenvalue weighted by Gasteiger charge is -2.31. The van der Waals surface area contributed by atoms with Crippen molar-refractivity contribution in [2.45, 2.75) is 25.3 Å². The van der Waals surface area contributed by atoms with Crippen LogP contribution in [-0.2, 0) is 6.54 Å². The Kier molecular flexibility index (Phi) is 4.69. The van der Waals surface area contributed by atoms with E-state index in [1.807, 2.05) is 0 Å². The van der Waals surface area contributed by atoms with Crippen molar-refractivity contribution in [1.29, 1.82) is 0 Å². The molecule has 3 aromatic rings. The molecule has 2 aromatic carbocycles. The second kappa shape index (κ2) is 7.32. The summed E-state index contributed by atoms with van der Waals surface area (Å²) < 4.78 is 41.7. The summed E-state index contributed by atoms with van der Waals surface area (Å²) in [5.41, 5.74) is 2.38. The number of rotatable bonds is 2. The zero-order chi connectivity index (χ0) is 22.6. The fourth-order valence-electron chi connectivity index (χ4n) is 4.42. The van der Waals surface area contributed by atoms with Gasteiger partial charge in [-0.2, -0.15) is 0 Å². The van der Waals surface area contributed by atoms with Crippen molar-refractivity contribution in [3.05, 3.63) is 65.2 Å². The van der Waals surface area contributed by atoms with Gasteiger partial charge in [-0.05, 0) is 35.0 Å². The predicted octanol–water partition coefficient (Wildman–Crippen LogP) is 4.50. The number of fused-ring (bicyclic) bond motifs is 2. The Morgan fingerprint density at radius 2 is 1.84 bits per heavy atom. The number of hydrogen-bond donors (Lipinski definition) is 0. The first-order chi connectivity index (χ1) is 15.2. The monoisotopic (exact) mass is 439 g/mol. The molecule has 0 N–H and O–H groups in total. The number of carbonyl (C=O) groups is 2. The number of nitrogens with zero attached hydrogens (tertiary/aromatic N) is 3. The summed E-state index contributed by atoms with van der Waals surface area (Å²) in [6, 6.07) is 9.62. The molecule has 2 aliphatic rings. The molecule has 5 nitrogen and oxygen atoms in total. The van der Waals surface area contributed by atoms with Gasteiger partial charge in [-0.3, -0.25) is 14.6 Å². The molecule has 2 aliphatic heterocycles. The van der Waals surface area contributed by atoms with E-state index in [0.29, 0.717) is 39.7 Å². The minimum atomic E-state index is -2.73. The maximum atomic E-state index is 14.9. The fourth-order valence-corrected chi connectivity index (χ4v) is 4.42. The molecule has 32 heavy (non-hydrogen) atoms. The number of piperidine rings is 1. The smallest absolute Gasteiger partial charge is 0.272 e. The molecule has 2 amide bonds. The van der Waals surface area contributed by atoms with Crippen LogP contribution < -0.4 is 0 Å². The third-order valence-corrected chi connectivity index (χ3v) is 6.21. The van der Waals surface area contributed by atoms with E-state index >= 15 is 0 Å². The van der Waals surface area contributed by atoms with Crippen LogP contribution in [0.2, 0.25) is 0 Å². The van der Waals surface area contributed by atoms with Gasteiger partial charge in [0.15, 0.2) is 0 Å². The van der Waals surface area contributed by atoms with E-state index in [1.54, 1.807) is 42.3 Å². The highest BCUT2D eigenvalue weighted by Gasteiger charge is 2.35. The van der Waals surface area contributed by atoms with Gasteiger partial charge < -0.3 is 9.80 Å². The fraction of sp³-hybridized carbons (Fsp3) is 0.292. The van der Waals surface area contributed by atoms with E-state index in [9.17, 15) is 22.8 Å². The Bertz CT molecular complexity index is 1260. The van der Waals surface area contributed by atoms with Crippen molar-refractivity contribution in [3.63, 3.8) is 0 Å². The van der Waals surface area contributed by atoms with E-state index in [2.05, 4.69) is 4.98 Å². The number of pyridine rings is 1. The van der Waals surface area contributed by atoms with Gasteiger partial charge in [0.2, 0.25) is 0 Å². The second-order valence-electron chi connectivity index (χ2n) is 8.40. The Balaban J connectivity index is 1.51. The number of aromatic nitrogens is 1. The minimum Gasteiger partial charge on any atom is -0.338 e. The Morgan fingerprint density at radius 3 is 2.59 bits per heavy atom. The molecule has 0 saturated carbocycles. The van der Waals surface area contributed by atoms with Gasteiger partial charge in [-0.1, -0.05) is 12.1 Å².